The monoisotopic (exact) mass is 262 g/mol. The lowest BCUT2D eigenvalue weighted by Crippen LogP contribution is -2.37. The van der Waals surface area contributed by atoms with E-state index in [1.807, 2.05) is 13.0 Å². The van der Waals surface area contributed by atoms with E-state index in [9.17, 15) is 4.79 Å². The minimum atomic E-state index is -0.126. The number of urea groups is 1. The zero-order valence-electron chi connectivity index (χ0n) is 11.5. The molecule has 4 heteroatoms. The van der Waals surface area contributed by atoms with Gasteiger partial charge in [0.05, 0.1) is 6.54 Å². The minimum absolute atomic E-state index is 0.126. The zero-order chi connectivity index (χ0) is 13.5. The summed E-state index contributed by atoms with van der Waals surface area (Å²) < 4.78 is 5.64. The van der Waals surface area contributed by atoms with Gasteiger partial charge in [-0.2, -0.15) is 0 Å². The number of carbonyl (C=O) groups excluding carboxylic acids is 1. The number of hydrogen-bond donors (Lipinski definition) is 2. The van der Waals surface area contributed by atoms with Crippen molar-refractivity contribution in [2.24, 2.45) is 0 Å². The summed E-state index contributed by atoms with van der Waals surface area (Å²) in [5, 5.41) is 5.52. The van der Waals surface area contributed by atoms with Crippen molar-refractivity contribution in [3.05, 3.63) is 29.3 Å². The van der Waals surface area contributed by atoms with Gasteiger partial charge in [-0.3, -0.25) is 0 Å². The van der Waals surface area contributed by atoms with Crippen molar-refractivity contribution in [2.45, 2.75) is 32.6 Å². The topological polar surface area (TPSA) is 50.4 Å². The highest BCUT2D eigenvalue weighted by atomic mass is 16.5. The smallest absolute Gasteiger partial charge is 0.314 e. The molecule has 1 aromatic rings. The van der Waals surface area contributed by atoms with Gasteiger partial charge in [0.25, 0.3) is 0 Å². The Bertz CT molecular complexity index is 432. The molecule has 0 spiro atoms. The Morgan fingerprint density at radius 2 is 2.00 bits per heavy atom. The highest BCUT2D eigenvalue weighted by molar-refractivity contribution is 5.73. The van der Waals surface area contributed by atoms with Gasteiger partial charge in [0.1, 0.15) is 12.4 Å². The van der Waals surface area contributed by atoms with Crippen LogP contribution in [-0.2, 0) is 12.8 Å². The second-order valence-corrected chi connectivity index (χ2v) is 4.82. The van der Waals surface area contributed by atoms with Crippen LogP contribution in [0.2, 0.25) is 0 Å². The van der Waals surface area contributed by atoms with Crippen LogP contribution in [0.1, 0.15) is 30.9 Å². The fourth-order valence-electron chi connectivity index (χ4n) is 2.27. The molecule has 19 heavy (non-hydrogen) atoms. The molecule has 0 saturated carbocycles. The van der Waals surface area contributed by atoms with E-state index in [1.165, 1.54) is 24.0 Å². The number of benzene rings is 1. The van der Waals surface area contributed by atoms with Crippen molar-refractivity contribution < 1.29 is 9.53 Å². The Morgan fingerprint density at radius 1 is 1.21 bits per heavy atom. The molecule has 0 radical (unpaired) electrons. The number of aryl methyl sites for hydroxylation is 2. The van der Waals surface area contributed by atoms with Crippen LogP contribution in [0.15, 0.2) is 18.2 Å². The summed E-state index contributed by atoms with van der Waals surface area (Å²) in [5.41, 5.74) is 2.86. The summed E-state index contributed by atoms with van der Waals surface area (Å²) in [6.45, 7) is 3.75. The van der Waals surface area contributed by atoms with Crippen molar-refractivity contribution in [3.8, 4) is 5.75 Å². The Balaban J connectivity index is 1.67. The summed E-state index contributed by atoms with van der Waals surface area (Å²) in [5.74, 6) is 0.899. The maximum Gasteiger partial charge on any atom is 0.314 e. The number of rotatable bonds is 6. The van der Waals surface area contributed by atoms with Gasteiger partial charge in [0, 0.05) is 6.54 Å². The van der Waals surface area contributed by atoms with Gasteiger partial charge in [-0.15, -0.1) is 0 Å². The third kappa shape index (κ3) is 4.16. The molecule has 0 bridgehead atoms. The Labute approximate surface area is 114 Å². The van der Waals surface area contributed by atoms with Gasteiger partial charge in [-0.1, -0.05) is 13.0 Å². The maximum atomic E-state index is 11.3. The quantitative estimate of drug-likeness (QED) is 0.773. The third-order valence-corrected chi connectivity index (χ3v) is 3.26. The lowest BCUT2D eigenvalue weighted by Gasteiger charge is -2.09. The van der Waals surface area contributed by atoms with Gasteiger partial charge in [-0.05, 0) is 48.9 Å². The number of hydrogen-bond acceptors (Lipinski definition) is 2. The molecule has 1 aromatic carbocycles. The van der Waals surface area contributed by atoms with Crippen molar-refractivity contribution in [1.29, 1.82) is 0 Å². The van der Waals surface area contributed by atoms with Gasteiger partial charge < -0.3 is 15.4 Å². The van der Waals surface area contributed by atoms with E-state index in [4.69, 9.17) is 4.74 Å². The lowest BCUT2D eigenvalue weighted by atomic mass is 10.1. The van der Waals surface area contributed by atoms with Crippen LogP contribution < -0.4 is 15.4 Å². The predicted molar refractivity (Wildman–Crippen MR) is 75.7 cm³/mol. The van der Waals surface area contributed by atoms with Gasteiger partial charge in [0.15, 0.2) is 0 Å². The predicted octanol–water partition coefficient (Wildman–Crippen LogP) is 2.26. The molecule has 2 N–H and O–H groups in total. The van der Waals surface area contributed by atoms with E-state index in [-0.39, 0.29) is 6.03 Å². The maximum absolute atomic E-state index is 11.3. The molecule has 0 atom stereocenters. The zero-order valence-corrected chi connectivity index (χ0v) is 11.5. The summed E-state index contributed by atoms with van der Waals surface area (Å²) in [4.78, 5) is 11.3. The number of carbonyl (C=O) groups is 1. The minimum Gasteiger partial charge on any atom is -0.492 e. The van der Waals surface area contributed by atoms with Gasteiger partial charge in [-0.25, -0.2) is 4.79 Å². The largest absolute Gasteiger partial charge is 0.492 e. The summed E-state index contributed by atoms with van der Waals surface area (Å²) in [6.07, 6.45) is 4.54. The Hall–Kier alpha value is -1.71. The SMILES string of the molecule is CCCNC(=O)NCCOc1ccc2c(c1)CCC2. The normalized spacial score (nSPS) is 12.9. The first-order valence-corrected chi connectivity index (χ1v) is 7.06. The van der Waals surface area contributed by atoms with Crippen LogP contribution in [0.25, 0.3) is 0 Å². The average molecular weight is 262 g/mol. The molecule has 0 unspecified atom stereocenters. The first-order chi connectivity index (χ1) is 9.29. The highest BCUT2D eigenvalue weighted by Gasteiger charge is 2.10. The average Bonchev–Trinajstić information content (AvgIpc) is 2.88. The van der Waals surface area contributed by atoms with Gasteiger partial charge in [0.2, 0.25) is 0 Å². The van der Waals surface area contributed by atoms with Gasteiger partial charge >= 0.3 is 6.03 Å². The van der Waals surface area contributed by atoms with E-state index < -0.39 is 0 Å². The molecular weight excluding hydrogens is 240 g/mol. The van der Waals surface area contributed by atoms with Crippen LogP contribution in [0, 0.1) is 0 Å². The molecule has 0 saturated heterocycles. The van der Waals surface area contributed by atoms with Crippen LogP contribution in [0.5, 0.6) is 5.75 Å². The molecular formula is C15H22N2O2. The molecule has 1 aliphatic rings. The number of nitrogens with one attached hydrogen (secondary N) is 2. The van der Waals surface area contributed by atoms with E-state index in [2.05, 4.69) is 22.8 Å². The van der Waals surface area contributed by atoms with E-state index in [1.54, 1.807) is 0 Å². The number of fused-ring (bicyclic) bond motifs is 1. The van der Waals surface area contributed by atoms with Crippen molar-refractivity contribution in [2.75, 3.05) is 19.7 Å². The first kappa shape index (κ1) is 13.7. The fourth-order valence-corrected chi connectivity index (χ4v) is 2.27. The van der Waals surface area contributed by atoms with E-state index in [0.29, 0.717) is 19.7 Å². The number of amides is 2. The molecule has 0 heterocycles. The molecule has 2 amide bonds. The molecule has 1 aliphatic carbocycles. The molecule has 2 rings (SSSR count). The first-order valence-electron chi connectivity index (χ1n) is 7.06. The second-order valence-electron chi connectivity index (χ2n) is 4.82. The molecule has 0 aromatic heterocycles. The third-order valence-electron chi connectivity index (χ3n) is 3.26. The molecule has 4 nitrogen and oxygen atoms in total. The van der Waals surface area contributed by atoms with E-state index in [0.717, 1.165) is 18.6 Å². The fraction of sp³-hybridized carbons (Fsp3) is 0.533. The Morgan fingerprint density at radius 3 is 2.84 bits per heavy atom. The standard InChI is InChI=1S/C15H22N2O2/c1-2-8-16-15(18)17-9-10-19-14-7-6-12-4-3-5-13(12)11-14/h6-7,11H,2-5,8-10H2,1H3,(H2,16,17,18). The summed E-state index contributed by atoms with van der Waals surface area (Å²) >= 11 is 0. The highest BCUT2D eigenvalue weighted by Crippen LogP contribution is 2.25. The summed E-state index contributed by atoms with van der Waals surface area (Å²) in [7, 11) is 0. The molecule has 0 fully saturated rings. The molecule has 104 valence electrons. The van der Waals surface area contributed by atoms with Crippen LogP contribution >= 0.6 is 0 Å². The lowest BCUT2D eigenvalue weighted by molar-refractivity contribution is 0.236. The summed E-state index contributed by atoms with van der Waals surface area (Å²) in [6, 6.07) is 6.17. The van der Waals surface area contributed by atoms with Crippen LogP contribution in [0.4, 0.5) is 4.79 Å². The van der Waals surface area contributed by atoms with E-state index >= 15 is 0 Å². The van der Waals surface area contributed by atoms with Crippen LogP contribution in [0.3, 0.4) is 0 Å². The van der Waals surface area contributed by atoms with Crippen molar-refractivity contribution >= 4 is 6.03 Å². The van der Waals surface area contributed by atoms with Crippen molar-refractivity contribution in [1.82, 2.24) is 10.6 Å². The Kier molecular flexibility index (Phi) is 5.07. The van der Waals surface area contributed by atoms with Crippen molar-refractivity contribution in [3.63, 3.8) is 0 Å². The molecule has 0 aliphatic heterocycles. The van der Waals surface area contributed by atoms with Crippen LogP contribution in [-0.4, -0.2) is 25.7 Å². The second kappa shape index (κ2) is 7.02. The number of ether oxygens (including phenoxy) is 1.